The Morgan fingerprint density at radius 1 is 0.844 bits per heavy atom. The van der Waals surface area contributed by atoms with Gasteiger partial charge in [-0.15, -0.1) is 0 Å². The summed E-state index contributed by atoms with van der Waals surface area (Å²) in [4.78, 5) is 29.9. The molecule has 0 radical (unpaired) electrons. The fourth-order valence-corrected chi connectivity index (χ4v) is 6.62. The van der Waals surface area contributed by atoms with E-state index in [1.807, 2.05) is 75.4 Å². The van der Waals surface area contributed by atoms with Crippen LogP contribution in [0.25, 0.3) is 0 Å². The van der Waals surface area contributed by atoms with Gasteiger partial charge in [-0.05, 0) is 72.9 Å². The largest absolute Gasteiger partial charge is 0.497 e. The van der Waals surface area contributed by atoms with E-state index >= 15 is 0 Å². The van der Waals surface area contributed by atoms with Gasteiger partial charge >= 0.3 is 0 Å². The van der Waals surface area contributed by atoms with E-state index in [4.69, 9.17) is 4.74 Å². The van der Waals surface area contributed by atoms with Crippen molar-refractivity contribution >= 4 is 27.5 Å². The number of hydrogen-bond acceptors (Lipinski definition) is 5. The molecule has 0 bridgehead atoms. The molecule has 1 N–H and O–H groups in total. The minimum atomic E-state index is -4.16. The molecule has 0 aliphatic heterocycles. The van der Waals surface area contributed by atoms with Crippen molar-refractivity contribution in [3.8, 4) is 5.75 Å². The second kappa shape index (κ2) is 15.4. The predicted octanol–water partition coefficient (Wildman–Crippen LogP) is 5.67. The molecule has 0 aliphatic carbocycles. The fourth-order valence-electron chi connectivity index (χ4n) is 5.13. The second-order valence-corrected chi connectivity index (χ2v) is 12.8. The standard InChI is InChI=1S/C36H41N3O5S/c1-5-22-37-36(41)34(24-29-15-8-6-9-16-29)38(25-30-17-13-18-31(23-30)44-4)35(40)26-39(33-21-12-14-27(2)28(33)3)45(42,43)32-19-10-7-11-20-32/h6-21,23,34H,5,22,24-26H2,1-4H3,(H,37,41). The van der Waals surface area contributed by atoms with Crippen molar-refractivity contribution < 1.29 is 22.7 Å². The molecule has 0 fully saturated rings. The highest BCUT2D eigenvalue weighted by molar-refractivity contribution is 7.92. The number of rotatable bonds is 14. The molecule has 1 unspecified atom stereocenters. The predicted molar refractivity (Wildman–Crippen MR) is 178 cm³/mol. The van der Waals surface area contributed by atoms with Gasteiger partial charge in [0, 0.05) is 19.5 Å². The third-order valence-electron chi connectivity index (χ3n) is 7.76. The van der Waals surface area contributed by atoms with E-state index in [0.717, 1.165) is 33.0 Å². The normalized spacial score (nSPS) is 11.8. The smallest absolute Gasteiger partial charge is 0.264 e. The van der Waals surface area contributed by atoms with Crippen molar-refractivity contribution in [1.82, 2.24) is 10.2 Å². The lowest BCUT2D eigenvalue weighted by atomic mass is 10.0. The molecule has 4 rings (SSSR count). The lowest BCUT2D eigenvalue weighted by Gasteiger charge is -2.34. The lowest BCUT2D eigenvalue weighted by molar-refractivity contribution is -0.140. The second-order valence-electron chi connectivity index (χ2n) is 10.9. The molecule has 9 heteroatoms. The van der Waals surface area contributed by atoms with Crippen LogP contribution in [0.1, 0.15) is 35.6 Å². The van der Waals surface area contributed by atoms with Crippen LogP contribution in [0.4, 0.5) is 5.69 Å². The molecule has 0 spiro atoms. The van der Waals surface area contributed by atoms with E-state index in [1.165, 1.54) is 17.0 Å². The average molecular weight is 628 g/mol. The first kappa shape index (κ1) is 33.3. The quantitative estimate of drug-likeness (QED) is 0.194. The maximum atomic E-state index is 14.6. The van der Waals surface area contributed by atoms with Gasteiger partial charge in [-0.1, -0.05) is 79.7 Å². The lowest BCUT2D eigenvalue weighted by Crippen LogP contribution is -2.53. The average Bonchev–Trinajstić information content (AvgIpc) is 3.06. The molecule has 236 valence electrons. The maximum absolute atomic E-state index is 14.6. The number of benzene rings is 4. The number of nitrogens with zero attached hydrogens (tertiary/aromatic N) is 2. The number of hydrogen-bond donors (Lipinski definition) is 1. The summed E-state index contributed by atoms with van der Waals surface area (Å²) in [6.07, 6.45) is 0.977. The van der Waals surface area contributed by atoms with Crippen molar-refractivity contribution in [2.75, 3.05) is 24.5 Å². The first-order chi connectivity index (χ1) is 21.6. The van der Waals surface area contributed by atoms with Gasteiger partial charge in [-0.25, -0.2) is 8.42 Å². The van der Waals surface area contributed by atoms with Gasteiger partial charge < -0.3 is 15.0 Å². The summed E-state index contributed by atoms with van der Waals surface area (Å²) in [7, 11) is -2.59. The summed E-state index contributed by atoms with van der Waals surface area (Å²) < 4.78 is 35.0. The molecular weight excluding hydrogens is 586 g/mol. The first-order valence-electron chi connectivity index (χ1n) is 15.0. The minimum absolute atomic E-state index is 0.0686. The van der Waals surface area contributed by atoms with Crippen LogP contribution in [-0.4, -0.2) is 51.4 Å². The van der Waals surface area contributed by atoms with Crippen molar-refractivity contribution in [3.05, 3.63) is 125 Å². The van der Waals surface area contributed by atoms with Crippen LogP contribution in [0.5, 0.6) is 5.75 Å². The summed E-state index contributed by atoms with van der Waals surface area (Å²) in [6.45, 7) is 5.71. The van der Waals surface area contributed by atoms with Crippen LogP contribution in [0.3, 0.4) is 0 Å². The van der Waals surface area contributed by atoms with E-state index in [1.54, 1.807) is 43.5 Å². The zero-order chi connectivity index (χ0) is 32.4. The summed E-state index contributed by atoms with van der Waals surface area (Å²) >= 11 is 0. The number of carbonyl (C=O) groups excluding carboxylic acids is 2. The van der Waals surface area contributed by atoms with E-state index in [0.29, 0.717) is 18.0 Å². The molecule has 1 atom stereocenters. The van der Waals surface area contributed by atoms with Crippen molar-refractivity contribution in [2.24, 2.45) is 0 Å². The molecule has 0 aromatic heterocycles. The Bertz CT molecular complexity index is 1690. The van der Waals surface area contributed by atoms with Crippen LogP contribution in [-0.2, 0) is 32.6 Å². The zero-order valence-electron chi connectivity index (χ0n) is 26.3. The molecule has 0 aliphatic rings. The Morgan fingerprint density at radius 3 is 2.16 bits per heavy atom. The summed E-state index contributed by atoms with van der Waals surface area (Å²) in [6, 6.07) is 29.3. The monoisotopic (exact) mass is 627 g/mol. The van der Waals surface area contributed by atoms with Gasteiger partial charge in [0.15, 0.2) is 0 Å². The molecule has 0 heterocycles. The van der Waals surface area contributed by atoms with E-state index < -0.39 is 28.5 Å². The minimum Gasteiger partial charge on any atom is -0.497 e. The number of carbonyl (C=O) groups is 2. The van der Waals surface area contributed by atoms with Crippen molar-refractivity contribution in [1.29, 1.82) is 0 Å². The Labute approximate surface area is 266 Å². The van der Waals surface area contributed by atoms with Crippen LogP contribution < -0.4 is 14.4 Å². The highest BCUT2D eigenvalue weighted by Gasteiger charge is 2.35. The summed E-state index contributed by atoms with van der Waals surface area (Å²) in [5.41, 5.74) is 3.66. The highest BCUT2D eigenvalue weighted by atomic mass is 32.2. The number of methoxy groups -OCH3 is 1. The zero-order valence-corrected chi connectivity index (χ0v) is 27.1. The fraction of sp³-hybridized carbons (Fsp3) is 0.278. The molecular formula is C36H41N3O5S. The number of aryl methyl sites for hydroxylation is 1. The topological polar surface area (TPSA) is 96.0 Å². The SMILES string of the molecule is CCCNC(=O)C(Cc1ccccc1)N(Cc1cccc(OC)c1)C(=O)CN(c1cccc(C)c1C)S(=O)(=O)c1ccccc1. The van der Waals surface area contributed by atoms with E-state index in [2.05, 4.69) is 5.32 Å². The number of nitrogens with one attached hydrogen (secondary N) is 1. The maximum Gasteiger partial charge on any atom is 0.264 e. The van der Waals surface area contributed by atoms with E-state index in [-0.39, 0.29) is 23.8 Å². The van der Waals surface area contributed by atoms with Gasteiger partial charge in [0.2, 0.25) is 11.8 Å². The first-order valence-corrected chi connectivity index (χ1v) is 16.5. The third kappa shape index (κ3) is 8.30. The Hall–Kier alpha value is -4.63. The molecule has 0 saturated carbocycles. The van der Waals surface area contributed by atoms with Crippen LogP contribution >= 0.6 is 0 Å². The van der Waals surface area contributed by atoms with Crippen LogP contribution in [0.2, 0.25) is 0 Å². The molecule has 8 nitrogen and oxygen atoms in total. The van der Waals surface area contributed by atoms with Gasteiger partial charge in [0.25, 0.3) is 10.0 Å². The summed E-state index contributed by atoms with van der Waals surface area (Å²) in [5.74, 6) is -0.203. The third-order valence-corrected chi connectivity index (χ3v) is 9.54. The van der Waals surface area contributed by atoms with Crippen molar-refractivity contribution in [3.63, 3.8) is 0 Å². The van der Waals surface area contributed by atoms with Crippen LogP contribution in [0, 0.1) is 13.8 Å². The van der Waals surface area contributed by atoms with Crippen LogP contribution in [0.15, 0.2) is 108 Å². The number of amides is 2. The molecule has 4 aromatic rings. The molecule has 45 heavy (non-hydrogen) atoms. The molecule has 4 aromatic carbocycles. The molecule has 0 saturated heterocycles. The van der Waals surface area contributed by atoms with Crippen molar-refractivity contribution in [2.45, 2.75) is 51.1 Å². The summed E-state index contributed by atoms with van der Waals surface area (Å²) in [5, 5.41) is 2.96. The Morgan fingerprint density at radius 2 is 1.49 bits per heavy atom. The van der Waals surface area contributed by atoms with Gasteiger partial charge in [0.1, 0.15) is 18.3 Å². The Balaban J connectivity index is 1.83. The number of anilines is 1. The van der Waals surface area contributed by atoms with Gasteiger partial charge in [0.05, 0.1) is 17.7 Å². The highest BCUT2D eigenvalue weighted by Crippen LogP contribution is 2.29. The van der Waals surface area contributed by atoms with Gasteiger partial charge in [-0.2, -0.15) is 0 Å². The Kier molecular flexibility index (Phi) is 11.4. The number of sulfonamides is 1. The van der Waals surface area contributed by atoms with Gasteiger partial charge in [-0.3, -0.25) is 13.9 Å². The number of ether oxygens (including phenoxy) is 1. The van der Waals surface area contributed by atoms with E-state index in [9.17, 15) is 18.0 Å². The molecule has 2 amide bonds.